The van der Waals surface area contributed by atoms with Gasteiger partial charge in [-0.15, -0.1) is 22.7 Å². The van der Waals surface area contributed by atoms with Crippen LogP contribution in [0.1, 0.15) is 18.8 Å². The Labute approximate surface area is 169 Å². The van der Waals surface area contributed by atoms with Gasteiger partial charge in [0.1, 0.15) is 10.7 Å². The number of thiophene rings is 2. The number of hydrogen-bond acceptors (Lipinski definition) is 7. The van der Waals surface area contributed by atoms with Gasteiger partial charge in [0.25, 0.3) is 5.56 Å². The molecule has 3 heterocycles. The van der Waals surface area contributed by atoms with Crippen molar-refractivity contribution >= 4 is 38.6 Å². The number of fused-ring (bicyclic) bond motifs is 1. The predicted octanol–water partition coefficient (Wildman–Crippen LogP) is 4.90. The molecule has 0 aliphatic heterocycles. The van der Waals surface area contributed by atoms with Gasteiger partial charge in [-0.1, -0.05) is 6.07 Å². The Hall–Kier alpha value is -2.84. The van der Waals surface area contributed by atoms with Crippen LogP contribution in [-0.4, -0.2) is 24.2 Å². The van der Waals surface area contributed by atoms with E-state index >= 15 is 0 Å². The molecule has 0 saturated carbocycles. The van der Waals surface area contributed by atoms with E-state index in [0.717, 1.165) is 21.0 Å². The normalized spacial score (nSPS) is 12.1. The first kappa shape index (κ1) is 18.5. The number of rotatable bonds is 6. The average Bonchev–Trinajstić information content (AvgIpc) is 3.37. The molecule has 4 rings (SSSR count). The zero-order chi connectivity index (χ0) is 19.7. The topological polar surface area (TPSA) is 76.2 Å². The molecule has 6 nitrogen and oxygen atoms in total. The van der Waals surface area contributed by atoms with E-state index < -0.39 is 0 Å². The first-order valence-electron chi connectivity index (χ1n) is 8.64. The maximum atomic E-state index is 12.8. The van der Waals surface area contributed by atoms with E-state index in [9.17, 15) is 4.79 Å². The van der Waals surface area contributed by atoms with E-state index in [2.05, 4.69) is 15.3 Å². The van der Waals surface area contributed by atoms with E-state index in [1.807, 2.05) is 48.0 Å². The summed E-state index contributed by atoms with van der Waals surface area (Å²) in [6, 6.07) is 9.39. The average molecular weight is 414 g/mol. The summed E-state index contributed by atoms with van der Waals surface area (Å²) in [4.78, 5) is 22.2. The summed E-state index contributed by atoms with van der Waals surface area (Å²) >= 11 is 3.10. The van der Waals surface area contributed by atoms with Gasteiger partial charge in [-0.25, -0.2) is 4.98 Å². The van der Waals surface area contributed by atoms with E-state index in [1.54, 1.807) is 25.6 Å². The Morgan fingerprint density at radius 2 is 1.96 bits per heavy atom. The number of hydrogen-bond donors (Lipinski definition) is 2. The number of benzene rings is 1. The van der Waals surface area contributed by atoms with E-state index in [0.29, 0.717) is 22.7 Å². The molecule has 1 atom stereocenters. The Bertz CT molecular complexity index is 1170. The highest BCUT2D eigenvalue weighted by Gasteiger charge is 2.16. The minimum absolute atomic E-state index is 0.120. The van der Waals surface area contributed by atoms with Gasteiger partial charge in [0, 0.05) is 27.6 Å². The third-order valence-corrected chi connectivity index (χ3v) is 6.20. The van der Waals surface area contributed by atoms with Crippen LogP contribution in [0.5, 0.6) is 11.5 Å². The van der Waals surface area contributed by atoms with Gasteiger partial charge < -0.3 is 19.8 Å². The second kappa shape index (κ2) is 7.65. The van der Waals surface area contributed by atoms with Gasteiger partial charge >= 0.3 is 0 Å². The monoisotopic (exact) mass is 413 g/mol. The molecule has 0 saturated heterocycles. The lowest BCUT2D eigenvalue weighted by molar-refractivity contribution is 0.355. The predicted molar refractivity (Wildman–Crippen MR) is 115 cm³/mol. The molecule has 4 aromatic rings. The van der Waals surface area contributed by atoms with Crippen molar-refractivity contribution in [1.29, 1.82) is 0 Å². The number of anilines is 1. The van der Waals surface area contributed by atoms with Crippen molar-refractivity contribution in [2.45, 2.75) is 13.0 Å². The summed E-state index contributed by atoms with van der Waals surface area (Å²) < 4.78 is 10.6. The number of aromatic amines is 1. The molecule has 3 aromatic heterocycles. The Kier molecular flexibility index (Phi) is 5.06. The van der Waals surface area contributed by atoms with Crippen molar-refractivity contribution in [3.63, 3.8) is 0 Å². The Morgan fingerprint density at radius 3 is 2.68 bits per heavy atom. The summed E-state index contributed by atoms with van der Waals surface area (Å²) in [6.45, 7) is 1.95. The number of methoxy groups -OCH3 is 2. The van der Waals surface area contributed by atoms with E-state index in [1.165, 1.54) is 11.3 Å². The summed E-state index contributed by atoms with van der Waals surface area (Å²) in [5.41, 5.74) is 1.67. The second-order valence-electron chi connectivity index (χ2n) is 6.19. The van der Waals surface area contributed by atoms with Crippen molar-refractivity contribution in [2.24, 2.45) is 0 Å². The zero-order valence-corrected chi connectivity index (χ0v) is 17.2. The molecule has 28 heavy (non-hydrogen) atoms. The summed E-state index contributed by atoms with van der Waals surface area (Å²) in [5.74, 6) is 1.88. The third-order valence-electron chi connectivity index (χ3n) is 4.43. The van der Waals surface area contributed by atoms with Crippen LogP contribution in [0.25, 0.3) is 20.7 Å². The molecule has 0 aliphatic carbocycles. The van der Waals surface area contributed by atoms with Gasteiger partial charge in [0.05, 0.1) is 25.6 Å². The van der Waals surface area contributed by atoms with Gasteiger partial charge in [-0.3, -0.25) is 4.79 Å². The van der Waals surface area contributed by atoms with Gasteiger partial charge in [-0.05, 0) is 30.5 Å². The Morgan fingerprint density at radius 1 is 1.14 bits per heavy atom. The van der Waals surface area contributed by atoms with Crippen molar-refractivity contribution in [1.82, 2.24) is 9.97 Å². The van der Waals surface area contributed by atoms with Gasteiger partial charge in [0.2, 0.25) is 0 Å². The highest BCUT2D eigenvalue weighted by atomic mass is 32.1. The van der Waals surface area contributed by atoms with Crippen LogP contribution in [0.3, 0.4) is 0 Å². The van der Waals surface area contributed by atoms with Crippen LogP contribution in [0, 0.1) is 0 Å². The van der Waals surface area contributed by atoms with Gasteiger partial charge in [0.15, 0.2) is 11.5 Å². The fourth-order valence-electron chi connectivity index (χ4n) is 3.03. The fourth-order valence-corrected chi connectivity index (χ4v) is 4.80. The molecule has 0 fully saturated rings. The maximum absolute atomic E-state index is 12.8. The highest BCUT2D eigenvalue weighted by Crippen LogP contribution is 2.34. The Balaban J connectivity index is 1.65. The van der Waals surface area contributed by atoms with Crippen LogP contribution >= 0.6 is 22.7 Å². The molecule has 0 aliphatic rings. The van der Waals surface area contributed by atoms with Gasteiger partial charge in [-0.2, -0.15) is 0 Å². The molecule has 8 heteroatoms. The quantitative estimate of drug-likeness (QED) is 0.470. The number of nitrogens with one attached hydrogen (secondary N) is 2. The molecule has 1 aromatic carbocycles. The molecule has 0 radical (unpaired) electrons. The van der Waals surface area contributed by atoms with Crippen LogP contribution in [-0.2, 0) is 0 Å². The second-order valence-corrected chi connectivity index (χ2v) is 8.00. The molecule has 2 N–H and O–H groups in total. The van der Waals surface area contributed by atoms with Crippen molar-refractivity contribution in [3.8, 4) is 21.9 Å². The van der Waals surface area contributed by atoms with Crippen molar-refractivity contribution in [3.05, 3.63) is 57.3 Å². The minimum Gasteiger partial charge on any atom is -0.493 e. The molecule has 0 spiro atoms. The first-order valence-corrected chi connectivity index (χ1v) is 10.4. The number of nitrogens with zero attached hydrogens (tertiary/aromatic N) is 1. The maximum Gasteiger partial charge on any atom is 0.260 e. The lowest BCUT2D eigenvalue weighted by Crippen LogP contribution is -2.17. The highest BCUT2D eigenvalue weighted by molar-refractivity contribution is 7.18. The van der Waals surface area contributed by atoms with Crippen LogP contribution in [0.4, 0.5) is 5.69 Å². The molecule has 0 amide bonds. The SMILES string of the molecule is COc1ccc(N[C@@H](C)c2nc3scc(-c4cccs4)c3c(=O)[nH]2)cc1OC. The standard InChI is InChI=1S/C20H19N3O3S2/c1-11(21-12-6-7-14(25-2)15(9-12)26-3)18-22-19(24)17-13(10-28-20(17)23-18)16-5-4-8-27-16/h4-11,21H,1-3H3,(H,22,23,24)/t11-/m0/s1. The molecular weight excluding hydrogens is 394 g/mol. The fraction of sp³-hybridized carbons (Fsp3) is 0.200. The van der Waals surface area contributed by atoms with Crippen LogP contribution in [0.2, 0.25) is 0 Å². The summed E-state index contributed by atoms with van der Waals surface area (Å²) in [6.07, 6.45) is 0. The molecule has 144 valence electrons. The van der Waals surface area contributed by atoms with Crippen LogP contribution in [0.15, 0.2) is 45.9 Å². The third kappa shape index (κ3) is 3.36. The first-order chi connectivity index (χ1) is 13.6. The summed E-state index contributed by atoms with van der Waals surface area (Å²) in [7, 11) is 3.20. The van der Waals surface area contributed by atoms with Crippen molar-refractivity contribution < 1.29 is 9.47 Å². The molecule has 0 bridgehead atoms. The van der Waals surface area contributed by atoms with E-state index in [4.69, 9.17) is 9.47 Å². The minimum atomic E-state index is -0.192. The lowest BCUT2D eigenvalue weighted by atomic mass is 10.2. The van der Waals surface area contributed by atoms with E-state index in [-0.39, 0.29) is 11.6 Å². The van der Waals surface area contributed by atoms with Crippen molar-refractivity contribution in [2.75, 3.05) is 19.5 Å². The summed E-state index contributed by atoms with van der Waals surface area (Å²) in [5, 5.41) is 8.00. The molecule has 0 unspecified atom stereocenters. The number of ether oxygens (including phenoxy) is 2. The lowest BCUT2D eigenvalue weighted by Gasteiger charge is -2.16. The largest absolute Gasteiger partial charge is 0.493 e. The van der Waals surface area contributed by atoms with Crippen LogP contribution < -0.4 is 20.3 Å². The molecular formula is C20H19N3O3S2. The smallest absolute Gasteiger partial charge is 0.260 e. The zero-order valence-electron chi connectivity index (χ0n) is 15.6. The number of H-pyrrole nitrogens is 1. The number of aromatic nitrogens is 2.